The summed E-state index contributed by atoms with van der Waals surface area (Å²) in [6, 6.07) is 17.4. The van der Waals surface area contributed by atoms with Crippen LogP contribution in [0.1, 0.15) is 18.9 Å². The largest absolute Gasteiger partial charge is 0.493 e. The normalized spacial score (nSPS) is 11.6. The number of benzene rings is 3. The Balaban J connectivity index is 1.75. The molecule has 3 aromatic rings. The van der Waals surface area contributed by atoms with Gasteiger partial charge in [0.15, 0.2) is 17.6 Å². The number of fused-ring (bicyclic) bond motifs is 1. The van der Waals surface area contributed by atoms with Gasteiger partial charge in [-0.05, 0) is 30.0 Å². The molecule has 1 amide bonds. The summed E-state index contributed by atoms with van der Waals surface area (Å²) in [4.78, 5) is 12.8. The van der Waals surface area contributed by atoms with Crippen LogP contribution in [0, 0.1) is 0 Å². The van der Waals surface area contributed by atoms with Crippen molar-refractivity contribution in [3.63, 3.8) is 0 Å². The van der Waals surface area contributed by atoms with Gasteiger partial charge in [-0.1, -0.05) is 43.3 Å². The number of amides is 1. The summed E-state index contributed by atoms with van der Waals surface area (Å²) in [5.74, 6) is 2.09. The lowest BCUT2D eigenvalue weighted by molar-refractivity contribution is -0.128. The van der Waals surface area contributed by atoms with Crippen LogP contribution in [-0.2, 0) is 11.3 Å². The summed E-state index contributed by atoms with van der Waals surface area (Å²) in [5.41, 5.74) is 0.781. The van der Waals surface area contributed by atoms with E-state index >= 15 is 0 Å². The molecule has 6 heteroatoms. The van der Waals surface area contributed by atoms with Crippen LogP contribution < -0.4 is 24.3 Å². The van der Waals surface area contributed by atoms with Gasteiger partial charge in [-0.15, -0.1) is 0 Å². The van der Waals surface area contributed by atoms with Crippen LogP contribution in [0.5, 0.6) is 23.0 Å². The fourth-order valence-corrected chi connectivity index (χ4v) is 3.37. The van der Waals surface area contributed by atoms with Gasteiger partial charge in [-0.2, -0.15) is 0 Å². The molecule has 3 rings (SSSR count). The monoisotopic (exact) mass is 409 g/mol. The first-order chi connectivity index (χ1) is 14.6. The molecule has 158 valence electrons. The van der Waals surface area contributed by atoms with Gasteiger partial charge < -0.3 is 24.3 Å². The Bertz CT molecular complexity index is 1010. The van der Waals surface area contributed by atoms with Crippen LogP contribution in [0.3, 0.4) is 0 Å². The molecule has 30 heavy (non-hydrogen) atoms. The van der Waals surface area contributed by atoms with Crippen LogP contribution in [-0.4, -0.2) is 33.3 Å². The molecule has 0 spiro atoms. The molecule has 1 atom stereocenters. The van der Waals surface area contributed by atoms with Gasteiger partial charge in [0, 0.05) is 17.5 Å². The van der Waals surface area contributed by atoms with E-state index in [1.807, 2.05) is 55.5 Å². The lowest BCUT2D eigenvalue weighted by atomic mass is 10.1. The molecule has 1 unspecified atom stereocenters. The zero-order valence-corrected chi connectivity index (χ0v) is 17.7. The summed E-state index contributed by atoms with van der Waals surface area (Å²) in [7, 11) is 4.67. The zero-order chi connectivity index (χ0) is 21.5. The third-order valence-electron chi connectivity index (χ3n) is 4.92. The summed E-state index contributed by atoms with van der Waals surface area (Å²) < 4.78 is 22.3. The van der Waals surface area contributed by atoms with Crippen LogP contribution in [0.25, 0.3) is 10.8 Å². The van der Waals surface area contributed by atoms with Gasteiger partial charge in [0.05, 0.1) is 21.3 Å². The molecule has 0 aliphatic carbocycles. The summed E-state index contributed by atoms with van der Waals surface area (Å²) in [5, 5.41) is 4.99. The Morgan fingerprint density at radius 3 is 2.30 bits per heavy atom. The predicted molar refractivity (Wildman–Crippen MR) is 117 cm³/mol. The highest BCUT2D eigenvalue weighted by molar-refractivity contribution is 5.89. The van der Waals surface area contributed by atoms with Crippen molar-refractivity contribution >= 4 is 16.7 Å². The Labute approximate surface area is 176 Å². The number of hydrogen-bond acceptors (Lipinski definition) is 5. The number of ether oxygens (including phenoxy) is 4. The van der Waals surface area contributed by atoms with Gasteiger partial charge in [0.2, 0.25) is 5.75 Å². The number of rotatable bonds is 9. The molecule has 0 heterocycles. The highest BCUT2D eigenvalue weighted by Crippen LogP contribution is 2.39. The molecular weight excluding hydrogens is 382 g/mol. The molecular formula is C24H27NO5. The standard InChI is InChI=1S/C24H27NO5/c1-5-19(30-20-12-8-10-16-9-6-7-11-18(16)20)24(26)25-15-17-13-14-21(27-2)23(29-4)22(17)28-3/h6-14,19H,5,15H2,1-4H3,(H,25,26). The van der Waals surface area contributed by atoms with Crippen LogP contribution in [0.4, 0.5) is 0 Å². The van der Waals surface area contributed by atoms with E-state index < -0.39 is 6.10 Å². The second kappa shape index (κ2) is 9.87. The van der Waals surface area contributed by atoms with E-state index in [1.165, 1.54) is 0 Å². The maximum Gasteiger partial charge on any atom is 0.261 e. The van der Waals surface area contributed by atoms with E-state index in [0.717, 1.165) is 16.3 Å². The Hall–Kier alpha value is -3.41. The fourth-order valence-electron chi connectivity index (χ4n) is 3.37. The average molecular weight is 409 g/mol. The molecule has 0 bridgehead atoms. The minimum Gasteiger partial charge on any atom is -0.493 e. The van der Waals surface area contributed by atoms with Crippen molar-refractivity contribution in [1.29, 1.82) is 0 Å². The molecule has 0 radical (unpaired) electrons. The van der Waals surface area contributed by atoms with Crippen molar-refractivity contribution in [1.82, 2.24) is 5.32 Å². The summed E-state index contributed by atoms with van der Waals surface area (Å²) in [6.45, 7) is 2.20. The third-order valence-corrected chi connectivity index (χ3v) is 4.92. The van der Waals surface area contributed by atoms with Gasteiger partial charge in [0.25, 0.3) is 5.91 Å². The highest BCUT2D eigenvalue weighted by Gasteiger charge is 2.21. The molecule has 0 aliphatic heterocycles. The molecule has 6 nitrogen and oxygen atoms in total. The first-order valence-electron chi connectivity index (χ1n) is 9.82. The maximum absolute atomic E-state index is 12.8. The Kier molecular flexibility index (Phi) is 7.01. The first-order valence-corrected chi connectivity index (χ1v) is 9.82. The van der Waals surface area contributed by atoms with Crippen molar-refractivity contribution in [2.45, 2.75) is 26.0 Å². The van der Waals surface area contributed by atoms with Crippen molar-refractivity contribution in [2.75, 3.05) is 21.3 Å². The second-order valence-corrected chi connectivity index (χ2v) is 6.70. The smallest absolute Gasteiger partial charge is 0.261 e. The van der Waals surface area contributed by atoms with Gasteiger partial charge in [0.1, 0.15) is 5.75 Å². The first kappa shape index (κ1) is 21.3. The van der Waals surface area contributed by atoms with Gasteiger partial charge in [-0.25, -0.2) is 0 Å². The van der Waals surface area contributed by atoms with Gasteiger partial charge >= 0.3 is 0 Å². The van der Waals surface area contributed by atoms with E-state index in [9.17, 15) is 4.79 Å². The lowest BCUT2D eigenvalue weighted by Crippen LogP contribution is -2.37. The molecule has 0 fully saturated rings. The van der Waals surface area contributed by atoms with Crippen molar-refractivity contribution < 1.29 is 23.7 Å². The number of hydrogen-bond donors (Lipinski definition) is 1. The topological polar surface area (TPSA) is 66.0 Å². The average Bonchev–Trinajstić information content (AvgIpc) is 2.80. The third kappa shape index (κ3) is 4.43. The number of nitrogens with one attached hydrogen (secondary N) is 1. The van der Waals surface area contributed by atoms with Crippen molar-refractivity contribution in [3.8, 4) is 23.0 Å². The minimum atomic E-state index is -0.609. The molecule has 0 saturated heterocycles. The quantitative estimate of drug-likeness (QED) is 0.570. The number of carbonyl (C=O) groups excluding carboxylic acids is 1. The van der Waals surface area contributed by atoms with E-state index in [-0.39, 0.29) is 12.5 Å². The van der Waals surface area contributed by atoms with E-state index in [0.29, 0.717) is 29.4 Å². The molecule has 3 aromatic carbocycles. The van der Waals surface area contributed by atoms with Crippen LogP contribution in [0.2, 0.25) is 0 Å². The maximum atomic E-state index is 12.8. The number of carbonyl (C=O) groups is 1. The van der Waals surface area contributed by atoms with E-state index in [1.54, 1.807) is 27.4 Å². The SMILES string of the molecule is CCC(Oc1cccc2ccccc12)C(=O)NCc1ccc(OC)c(OC)c1OC. The van der Waals surface area contributed by atoms with E-state index in [4.69, 9.17) is 18.9 Å². The van der Waals surface area contributed by atoms with Crippen LogP contribution in [0.15, 0.2) is 54.6 Å². The van der Waals surface area contributed by atoms with E-state index in [2.05, 4.69) is 5.32 Å². The molecule has 0 aromatic heterocycles. The Morgan fingerprint density at radius 2 is 1.60 bits per heavy atom. The molecule has 0 aliphatic rings. The van der Waals surface area contributed by atoms with Crippen molar-refractivity contribution in [2.24, 2.45) is 0 Å². The number of methoxy groups -OCH3 is 3. The minimum absolute atomic E-state index is 0.192. The van der Waals surface area contributed by atoms with Gasteiger partial charge in [-0.3, -0.25) is 4.79 Å². The van der Waals surface area contributed by atoms with Crippen LogP contribution >= 0.6 is 0 Å². The predicted octanol–water partition coefficient (Wildman–Crippen LogP) is 4.34. The molecule has 0 saturated carbocycles. The Morgan fingerprint density at radius 1 is 0.867 bits per heavy atom. The van der Waals surface area contributed by atoms with Crippen molar-refractivity contribution in [3.05, 3.63) is 60.2 Å². The fraction of sp³-hybridized carbons (Fsp3) is 0.292. The lowest BCUT2D eigenvalue weighted by Gasteiger charge is -2.20. The highest BCUT2D eigenvalue weighted by atomic mass is 16.5. The summed E-state index contributed by atoms with van der Waals surface area (Å²) >= 11 is 0. The zero-order valence-electron chi connectivity index (χ0n) is 17.7. The summed E-state index contributed by atoms with van der Waals surface area (Å²) in [6.07, 6.45) is -0.0695. The molecule has 1 N–H and O–H groups in total. The second-order valence-electron chi connectivity index (χ2n) is 6.70.